The van der Waals surface area contributed by atoms with Gasteiger partial charge in [0.1, 0.15) is 5.39 Å². The third-order valence-electron chi connectivity index (χ3n) is 7.27. The first-order chi connectivity index (χ1) is 17.1. The molecule has 0 radical (unpaired) electrons. The monoisotopic (exact) mass is 555 g/mol. The first-order valence-corrected chi connectivity index (χ1v) is 12.7. The highest BCUT2D eigenvalue weighted by molar-refractivity contribution is 5.85. The van der Waals surface area contributed by atoms with Crippen LogP contribution in [0.2, 0.25) is 0 Å². The van der Waals surface area contributed by atoms with E-state index in [0.717, 1.165) is 42.9 Å². The fourth-order valence-electron chi connectivity index (χ4n) is 5.14. The van der Waals surface area contributed by atoms with Crippen molar-refractivity contribution in [2.75, 3.05) is 11.9 Å². The van der Waals surface area contributed by atoms with Gasteiger partial charge < -0.3 is 10.6 Å². The summed E-state index contributed by atoms with van der Waals surface area (Å²) in [5.41, 5.74) is 5.86. The average Bonchev–Trinajstić information content (AvgIpc) is 3.62. The quantitative estimate of drug-likeness (QED) is 0.341. The van der Waals surface area contributed by atoms with Gasteiger partial charge in [-0.05, 0) is 75.0 Å². The molecule has 2 aliphatic rings. The maximum Gasteiger partial charge on any atom is 0.278 e. The maximum absolute atomic E-state index is 13.4. The largest absolute Gasteiger partial charge is 0.324 e. The highest BCUT2D eigenvalue weighted by atomic mass is 35.5. The molecule has 1 aromatic carbocycles. The summed E-state index contributed by atoms with van der Waals surface area (Å²) in [4.78, 5) is 27.4. The van der Waals surface area contributed by atoms with Crippen molar-refractivity contribution in [2.45, 2.75) is 70.9 Å². The lowest BCUT2D eigenvalue weighted by Gasteiger charge is -2.34. The van der Waals surface area contributed by atoms with E-state index < -0.39 is 0 Å². The van der Waals surface area contributed by atoms with Crippen molar-refractivity contribution in [3.8, 4) is 5.69 Å². The molecule has 6 rings (SSSR count). The molecule has 202 valence electrons. The number of nitrogens with zero attached hydrogens (tertiary/aromatic N) is 5. The van der Waals surface area contributed by atoms with E-state index in [9.17, 15) is 4.79 Å². The maximum atomic E-state index is 13.4. The van der Waals surface area contributed by atoms with Crippen LogP contribution in [0.3, 0.4) is 0 Å². The van der Waals surface area contributed by atoms with Gasteiger partial charge >= 0.3 is 0 Å². The summed E-state index contributed by atoms with van der Waals surface area (Å²) in [6.07, 6.45) is 6.43. The summed E-state index contributed by atoms with van der Waals surface area (Å²) in [6.45, 7) is 11.8. The fraction of sp³-hybridized carbons (Fsp3) is 0.429. The molecule has 0 saturated heterocycles. The van der Waals surface area contributed by atoms with E-state index in [1.165, 1.54) is 11.1 Å². The average molecular weight is 557 g/mol. The van der Waals surface area contributed by atoms with E-state index in [1.54, 1.807) is 6.20 Å². The van der Waals surface area contributed by atoms with Gasteiger partial charge in [-0.2, -0.15) is 4.98 Å². The lowest BCUT2D eigenvalue weighted by Crippen LogP contribution is -2.42. The molecule has 0 atom stereocenters. The number of fused-ring (bicyclic) bond motifs is 2. The topological polar surface area (TPSA) is 89.7 Å². The van der Waals surface area contributed by atoms with Gasteiger partial charge in [0.25, 0.3) is 5.56 Å². The molecule has 3 aromatic heterocycles. The van der Waals surface area contributed by atoms with E-state index in [4.69, 9.17) is 4.98 Å². The van der Waals surface area contributed by atoms with Crippen LogP contribution in [-0.4, -0.2) is 30.9 Å². The lowest BCUT2D eigenvalue weighted by atomic mass is 9.85. The van der Waals surface area contributed by atoms with Gasteiger partial charge in [0.2, 0.25) is 5.95 Å². The zero-order valence-corrected chi connectivity index (χ0v) is 24.0. The van der Waals surface area contributed by atoms with Crippen LogP contribution < -0.4 is 16.2 Å². The zero-order chi connectivity index (χ0) is 25.2. The third kappa shape index (κ3) is 4.93. The van der Waals surface area contributed by atoms with Crippen LogP contribution >= 0.6 is 24.8 Å². The zero-order valence-electron chi connectivity index (χ0n) is 22.4. The molecule has 1 fully saturated rings. The minimum atomic E-state index is -0.109. The number of hydrogen-bond acceptors (Lipinski definition) is 6. The number of pyridine rings is 1. The molecule has 8 nitrogen and oxygen atoms in total. The molecule has 1 aliphatic carbocycles. The van der Waals surface area contributed by atoms with Crippen LogP contribution in [0.5, 0.6) is 0 Å². The van der Waals surface area contributed by atoms with E-state index in [1.807, 2.05) is 21.6 Å². The summed E-state index contributed by atoms with van der Waals surface area (Å²) >= 11 is 0. The molecule has 4 aromatic rings. The number of nitrogens with one attached hydrogen (secondary N) is 2. The molecule has 4 heterocycles. The van der Waals surface area contributed by atoms with Gasteiger partial charge in [-0.1, -0.05) is 26.8 Å². The summed E-state index contributed by atoms with van der Waals surface area (Å²) in [6, 6.07) is 10.6. The van der Waals surface area contributed by atoms with Gasteiger partial charge in [-0.15, -0.1) is 24.8 Å². The van der Waals surface area contributed by atoms with Gasteiger partial charge in [0, 0.05) is 34.7 Å². The predicted octanol–water partition coefficient (Wildman–Crippen LogP) is 5.58. The summed E-state index contributed by atoms with van der Waals surface area (Å²) in [5.74, 6) is 0.474. The summed E-state index contributed by atoms with van der Waals surface area (Å²) in [7, 11) is 0. The molecule has 10 heteroatoms. The fourth-order valence-corrected chi connectivity index (χ4v) is 5.14. The number of halogens is 2. The Hall–Kier alpha value is -2.94. The highest BCUT2D eigenvalue weighted by Gasteiger charge is 2.31. The van der Waals surface area contributed by atoms with Crippen molar-refractivity contribution < 1.29 is 0 Å². The van der Waals surface area contributed by atoms with Gasteiger partial charge in [0.15, 0.2) is 5.65 Å². The number of aromatic nitrogens is 5. The number of anilines is 2. The molecule has 38 heavy (non-hydrogen) atoms. The molecular formula is C28H35Cl2N7O. The van der Waals surface area contributed by atoms with E-state index in [2.05, 4.69) is 79.5 Å². The second kappa shape index (κ2) is 9.98. The molecule has 0 unspecified atom stereocenters. The Balaban J connectivity index is 0.00000168. The predicted molar refractivity (Wildman–Crippen MR) is 157 cm³/mol. The van der Waals surface area contributed by atoms with Gasteiger partial charge in [-0.25, -0.2) is 14.3 Å². The molecule has 1 saturated carbocycles. The van der Waals surface area contributed by atoms with E-state index >= 15 is 0 Å². The highest BCUT2D eigenvalue weighted by Crippen LogP contribution is 2.36. The number of rotatable bonds is 4. The van der Waals surface area contributed by atoms with Gasteiger partial charge in [-0.3, -0.25) is 9.78 Å². The Bertz CT molecular complexity index is 1550. The number of hydrogen-bond donors (Lipinski definition) is 2. The molecule has 0 amide bonds. The van der Waals surface area contributed by atoms with Crippen LogP contribution in [0.15, 0.2) is 47.5 Å². The smallest absolute Gasteiger partial charge is 0.278 e. The molecule has 0 spiro atoms. The van der Waals surface area contributed by atoms with E-state index in [-0.39, 0.29) is 47.4 Å². The SMILES string of the molecule is CC(C)(C)c1cc(-n2c3nc(Nc4ccc5c(c4)CCNC5(C)C)ncc3c(=O)n2C2CC2)ccn1.Cl.Cl. The number of benzene rings is 1. The Morgan fingerprint density at radius 2 is 1.84 bits per heavy atom. The van der Waals surface area contributed by atoms with Crippen molar-refractivity contribution in [2.24, 2.45) is 0 Å². The minimum Gasteiger partial charge on any atom is -0.324 e. The lowest BCUT2D eigenvalue weighted by molar-refractivity contribution is 0.382. The van der Waals surface area contributed by atoms with Crippen LogP contribution in [0, 0.1) is 0 Å². The van der Waals surface area contributed by atoms with Crippen molar-refractivity contribution >= 4 is 47.5 Å². The first-order valence-electron chi connectivity index (χ1n) is 12.7. The molecular weight excluding hydrogens is 521 g/mol. The molecule has 0 bridgehead atoms. The van der Waals surface area contributed by atoms with Crippen LogP contribution in [0.1, 0.15) is 70.3 Å². The standard InChI is InChI=1S/C28H33N7O.2ClH/c1-27(2,3)23-15-20(11-12-29-23)34-24-21(25(36)35(34)19-7-8-19)16-30-26(33-24)32-18-6-9-22-17(14-18)10-13-31-28(22,4)5;;/h6,9,11-12,14-16,19,31H,7-8,10,13H2,1-5H3,(H,30,32,33);2*1H. The van der Waals surface area contributed by atoms with E-state index in [0.29, 0.717) is 17.0 Å². The van der Waals surface area contributed by atoms with Crippen molar-refractivity contribution in [3.05, 3.63) is 69.9 Å². The second-order valence-corrected chi connectivity index (χ2v) is 11.6. The Morgan fingerprint density at radius 3 is 2.55 bits per heavy atom. The van der Waals surface area contributed by atoms with Gasteiger partial charge in [0.05, 0.1) is 11.7 Å². The minimum absolute atomic E-state index is 0. The van der Waals surface area contributed by atoms with Crippen LogP contribution in [-0.2, 0) is 17.4 Å². The Kier molecular flexibility index (Phi) is 7.38. The second-order valence-electron chi connectivity index (χ2n) is 11.6. The Labute approximate surface area is 235 Å². The molecule has 2 N–H and O–H groups in total. The Morgan fingerprint density at radius 1 is 1.08 bits per heavy atom. The normalized spacial score (nSPS) is 16.3. The molecule has 1 aliphatic heterocycles. The summed E-state index contributed by atoms with van der Waals surface area (Å²) < 4.78 is 3.80. The van der Waals surface area contributed by atoms with Crippen LogP contribution in [0.25, 0.3) is 16.7 Å². The summed E-state index contributed by atoms with van der Waals surface area (Å²) in [5, 5.41) is 7.49. The third-order valence-corrected chi connectivity index (χ3v) is 7.27. The van der Waals surface area contributed by atoms with Crippen molar-refractivity contribution in [3.63, 3.8) is 0 Å². The van der Waals surface area contributed by atoms with Crippen molar-refractivity contribution in [1.82, 2.24) is 29.6 Å². The first kappa shape index (κ1) is 28.1. The van der Waals surface area contributed by atoms with Crippen LogP contribution in [0.4, 0.5) is 11.6 Å². The van der Waals surface area contributed by atoms with Crippen molar-refractivity contribution in [1.29, 1.82) is 0 Å².